The number of ether oxygens (including phenoxy) is 1. The molecule has 2 aliphatic rings. The third-order valence-corrected chi connectivity index (χ3v) is 9.17. The fourth-order valence-electron chi connectivity index (χ4n) is 7.67. The molecule has 0 bridgehead atoms. The van der Waals surface area contributed by atoms with Crippen LogP contribution in [0.2, 0.25) is 0 Å². The molecule has 10 rings (SSSR count). The Hall–Kier alpha value is -5.28. The van der Waals surface area contributed by atoms with Crippen LogP contribution in [0.1, 0.15) is 22.3 Å². The maximum absolute atomic E-state index is 6.74. The van der Waals surface area contributed by atoms with Crippen LogP contribution in [0.3, 0.4) is 0 Å². The van der Waals surface area contributed by atoms with E-state index in [2.05, 4.69) is 137 Å². The number of rotatable bonds is 0. The number of para-hydroxylation sites is 5. The number of nitrogens with one attached hydrogen (secondary N) is 1. The highest BCUT2D eigenvalue weighted by Crippen LogP contribution is 2.60. The first-order chi connectivity index (χ1) is 19.8. The van der Waals surface area contributed by atoms with Gasteiger partial charge in [-0.25, -0.2) is 0 Å². The van der Waals surface area contributed by atoms with Crippen LogP contribution in [0, 0.1) is 0 Å². The fraction of sp³-hybridized carbons (Fsp3) is 0.0270. The number of aromatic nitrogens is 2. The van der Waals surface area contributed by atoms with Gasteiger partial charge in [-0.1, -0.05) is 91.0 Å². The van der Waals surface area contributed by atoms with Gasteiger partial charge < -0.3 is 14.3 Å². The van der Waals surface area contributed by atoms with Crippen molar-refractivity contribution in [2.75, 3.05) is 0 Å². The van der Waals surface area contributed by atoms with Crippen LogP contribution in [0.4, 0.5) is 0 Å². The summed E-state index contributed by atoms with van der Waals surface area (Å²) in [7, 11) is 0. The molecule has 0 radical (unpaired) electrons. The maximum atomic E-state index is 6.74. The van der Waals surface area contributed by atoms with Gasteiger partial charge in [-0.05, 0) is 41.5 Å². The van der Waals surface area contributed by atoms with Gasteiger partial charge in [0, 0.05) is 44.3 Å². The average Bonchev–Trinajstić information content (AvgIpc) is 3.54. The Morgan fingerprint density at radius 1 is 0.500 bits per heavy atom. The van der Waals surface area contributed by atoms with Gasteiger partial charge in [-0.3, -0.25) is 0 Å². The van der Waals surface area contributed by atoms with Gasteiger partial charge in [0.25, 0.3) is 0 Å². The number of hydrogen-bond acceptors (Lipinski definition) is 1. The lowest BCUT2D eigenvalue weighted by atomic mass is 9.61. The van der Waals surface area contributed by atoms with Gasteiger partial charge >= 0.3 is 0 Å². The molecule has 6 aromatic carbocycles. The first-order valence-electron chi connectivity index (χ1n) is 13.8. The molecule has 3 heteroatoms. The van der Waals surface area contributed by atoms with E-state index in [0.29, 0.717) is 0 Å². The van der Waals surface area contributed by atoms with Crippen LogP contribution in [-0.2, 0) is 5.41 Å². The first-order valence-corrected chi connectivity index (χ1v) is 13.8. The van der Waals surface area contributed by atoms with E-state index in [-0.39, 0.29) is 0 Å². The molecule has 1 atom stereocenters. The molecule has 0 fully saturated rings. The first kappa shape index (κ1) is 20.7. The zero-order chi connectivity index (χ0) is 26.0. The molecule has 0 saturated heterocycles. The van der Waals surface area contributed by atoms with E-state index < -0.39 is 5.41 Å². The van der Waals surface area contributed by atoms with Gasteiger partial charge in [0.15, 0.2) is 0 Å². The highest BCUT2D eigenvalue weighted by Gasteiger charge is 2.50. The van der Waals surface area contributed by atoms with Gasteiger partial charge in [0.05, 0.1) is 27.7 Å². The molecule has 4 heterocycles. The molecule has 0 aliphatic carbocycles. The topological polar surface area (TPSA) is 29.9 Å². The Labute approximate surface area is 229 Å². The Kier molecular flexibility index (Phi) is 3.62. The van der Waals surface area contributed by atoms with E-state index in [1.807, 2.05) is 0 Å². The highest BCUT2D eigenvalue weighted by atomic mass is 16.5. The Balaban J connectivity index is 1.48. The lowest BCUT2D eigenvalue weighted by Crippen LogP contribution is -2.37. The zero-order valence-corrected chi connectivity index (χ0v) is 21.5. The average molecular weight is 511 g/mol. The van der Waals surface area contributed by atoms with E-state index >= 15 is 0 Å². The van der Waals surface area contributed by atoms with Crippen molar-refractivity contribution in [2.24, 2.45) is 0 Å². The number of nitrogens with zero attached hydrogens (tertiary/aromatic N) is 1. The Morgan fingerprint density at radius 2 is 1.23 bits per heavy atom. The Bertz CT molecular complexity index is 2370. The predicted molar refractivity (Wildman–Crippen MR) is 162 cm³/mol. The van der Waals surface area contributed by atoms with Crippen LogP contribution in [-0.4, -0.2) is 9.55 Å². The summed E-state index contributed by atoms with van der Waals surface area (Å²) < 4.78 is 9.21. The molecule has 40 heavy (non-hydrogen) atoms. The van der Waals surface area contributed by atoms with Crippen molar-refractivity contribution in [3.8, 4) is 17.2 Å². The van der Waals surface area contributed by atoms with Gasteiger partial charge in [-0.2, -0.15) is 0 Å². The Morgan fingerprint density at radius 3 is 2.17 bits per heavy atom. The lowest BCUT2D eigenvalue weighted by molar-refractivity contribution is 0.435. The molecule has 2 aliphatic heterocycles. The van der Waals surface area contributed by atoms with Gasteiger partial charge in [0.2, 0.25) is 0 Å². The smallest absolute Gasteiger partial charge is 0.134 e. The molecule has 186 valence electrons. The molecule has 3 nitrogen and oxygen atoms in total. The molecule has 1 spiro atoms. The van der Waals surface area contributed by atoms with Crippen molar-refractivity contribution in [2.45, 2.75) is 5.41 Å². The summed E-state index contributed by atoms with van der Waals surface area (Å²) in [6.07, 6.45) is 0. The van der Waals surface area contributed by atoms with E-state index in [1.54, 1.807) is 0 Å². The fourth-order valence-corrected chi connectivity index (χ4v) is 7.67. The summed E-state index contributed by atoms with van der Waals surface area (Å²) in [6.45, 7) is 0. The van der Waals surface area contributed by atoms with Crippen molar-refractivity contribution >= 4 is 43.6 Å². The van der Waals surface area contributed by atoms with Crippen molar-refractivity contribution < 1.29 is 4.74 Å². The van der Waals surface area contributed by atoms with E-state index in [4.69, 9.17) is 4.74 Å². The molecule has 1 unspecified atom stereocenters. The zero-order valence-electron chi connectivity index (χ0n) is 21.5. The van der Waals surface area contributed by atoms with Crippen LogP contribution in [0.25, 0.3) is 49.3 Å². The lowest BCUT2D eigenvalue weighted by Gasteiger charge is -2.45. The summed E-state index contributed by atoms with van der Waals surface area (Å²) >= 11 is 0. The van der Waals surface area contributed by atoms with Gasteiger partial charge in [-0.15, -0.1) is 0 Å². The number of fused-ring (bicyclic) bond motifs is 14. The standard InChI is InChI=1S/C37H22N2O/c1-5-16-30-22(10-1)25-20-29-35(21-31(25)38-30)40-34-19-8-4-14-27(34)37(29)26-13-3-7-18-33(26)39-32-17-6-2-11-23(32)24-12-9-15-28(37)36(24)39/h1-21,38H. The second kappa shape index (κ2) is 7.02. The summed E-state index contributed by atoms with van der Waals surface area (Å²) in [5.74, 6) is 1.80. The molecular formula is C37H22N2O. The third kappa shape index (κ3) is 2.26. The van der Waals surface area contributed by atoms with E-state index in [1.165, 1.54) is 60.5 Å². The van der Waals surface area contributed by atoms with E-state index in [0.717, 1.165) is 22.5 Å². The number of H-pyrrole nitrogens is 1. The molecule has 0 saturated carbocycles. The number of benzene rings is 6. The monoisotopic (exact) mass is 510 g/mol. The second-order valence-corrected chi connectivity index (χ2v) is 11.0. The molecule has 0 amide bonds. The van der Waals surface area contributed by atoms with Crippen LogP contribution in [0.5, 0.6) is 11.5 Å². The summed E-state index contributed by atoms with van der Waals surface area (Å²) in [5, 5.41) is 5.00. The summed E-state index contributed by atoms with van der Waals surface area (Å²) in [6, 6.07) is 46.3. The SMILES string of the molecule is c1ccc2c(c1)Oc1cc3[nH]c4ccccc4c3cc1C21c2ccccc2-n2c3ccccc3c3cccc1c32. The van der Waals surface area contributed by atoms with Crippen molar-refractivity contribution in [3.63, 3.8) is 0 Å². The third-order valence-electron chi connectivity index (χ3n) is 9.17. The second-order valence-electron chi connectivity index (χ2n) is 11.0. The largest absolute Gasteiger partial charge is 0.457 e. The van der Waals surface area contributed by atoms with Crippen molar-refractivity contribution in [3.05, 3.63) is 150 Å². The highest BCUT2D eigenvalue weighted by molar-refractivity contribution is 6.13. The number of hydrogen-bond donors (Lipinski definition) is 1. The van der Waals surface area contributed by atoms with E-state index in [9.17, 15) is 0 Å². The quantitative estimate of drug-likeness (QED) is 0.216. The normalized spacial score (nSPS) is 16.8. The van der Waals surface area contributed by atoms with Gasteiger partial charge in [0.1, 0.15) is 11.5 Å². The minimum Gasteiger partial charge on any atom is -0.457 e. The van der Waals surface area contributed by atoms with Crippen molar-refractivity contribution in [1.82, 2.24) is 9.55 Å². The van der Waals surface area contributed by atoms with Crippen LogP contribution in [0.15, 0.2) is 127 Å². The maximum Gasteiger partial charge on any atom is 0.134 e. The van der Waals surface area contributed by atoms with Crippen molar-refractivity contribution in [1.29, 1.82) is 0 Å². The minimum atomic E-state index is -0.544. The molecule has 2 aromatic heterocycles. The van der Waals surface area contributed by atoms with Crippen LogP contribution < -0.4 is 4.74 Å². The number of aromatic amines is 1. The molecule has 1 N–H and O–H groups in total. The van der Waals surface area contributed by atoms with Crippen LogP contribution >= 0.6 is 0 Å². The molecular weight excluding hydrogens is 488 g/mol. The molecule has 8 aromatic rings. The minimum absolute atomic E-state index is 0.544. The predicted octanol–water partition coefficient (Wildman–Crippen LogP) is 9.22. The summed E-state index contributed by atoms with van der Waals surface area (Å²) in [5.41, 5.74) is 10.3. The summed E-state index contributed by atoms with van der Waals surface area (Å²) in [4.78, 5) is 3.63.